The highest BCUT2D eigenvalue weighted by atomic mass is 16.6. The maximum Gasteiger partial charge on any atom is 0.290 e. The molecule has 1 aromatic heterocycles. The summed E-state index contributed by atoms with van der Waals surface area (Å²) >= 11 is 0. The van der Waals surface area contributed by atoms with E-state index in [0.29, 0.717) is 11.5 Å². The Morgan fingerprint density at radius 1 is 1.28 bits per heavy atom. The summed E-state index contributed by atoms with van der Waals surface area (Å²) in [6.07, 6.45) is 3.45. The van der Waals surface area contributed by atoms with Crippen molar-refractivity contribution in [3.05, 3.63) is 63.8 Å². The summed E-state index contributed by atoms with van der Waals surface area (Å²) < 4.78 is 5.46. The molecule has 6 nitrogen and oxygen atoms in total. The molecule has 6 heteroatoms. The highest BCUT2D eigenvalue weighted by molar-refractivity contribution is 5.49. The molecule has 0 spiro atoms. The third kappa shape index (κ3) is 4.54. The van der Waals surface area contributed by atoms with Crippen LogP contribution >= 0.6 is 0 Å². The van der Waals surface area contributed by atoms with Gasteiger partial charge in [-0.25, -0.2) is 4.98 Å². The van der Waals surface area contributed by atoms with E-state index in [0.717, 1.165) is 45.0 Å². The second-order valence-corrected chi connectivity index (χ2v) is 6.51. The van der Waals surface area contributed by atoms with Crippen LogP contribution in [0.5, 0.6) is 0 Å². The molecule has 1 aromatic carbocycles. The van der Waals surface area contributed by atoms with Crippen molar-refractivity contribution in [1.29, 1.82) is 0 Å². The van der Waals surface area contributed by atoms with Gasteiger partial charge in [-0.1, -0.05) is 30.3 Å². The van der Waals surface area contributed by atoms with Gasteiger partial charge in [0.25, 0.3) is 5.69 Å². The molecule has 0 saturated carbocycles. The molecule has 25 heavy (non-hydrogen) atoms. The average molecular weight is 341 g/mol. The molecule has 0 unspecified atom stereocenters. The largest absolute Gasteiger partial charge is 0.381 e. The summed E-state index contributed by atoms with van der Waals surface area (Å²) in [5.41, 5.74) is 1.90. The predicted molar refractivity (Wildman–Crippen MR) is 96.7 cm³/mol. The van der Waals surface area contributed by atoms with Gasteiger partial charge in [0.1, 0.15) is 12.0 Å². The highest BCUT2D eigenvalue weighted by Gasteiger charge is 2.21. The first-order valence-electron chi connectivity index (χ1n) is 8.61. The van der Waals surface area contributed by atoms with Gasteiger partial charge in [0.2, 0.25) is 0 Å². The minimum absolute atomic E-state index is 0.0643. The van der Waals surface area contributed by atoms with E-state index in [1.807, 2.05) is 24.3 Å². The first kappa shape index (κ1) is 17.4. The minimum atomic E-state index is -0.383. The van der Waals surface area contributed by atoms with Crippen LogP contribution in [0.4, 0.5) is 11.5 Å². The fourth-order valence-corrected chi connectivity index (χ4v) is 3.18. The molecule has 1 aliphatic heterocycles. The van der Waals surface area contributed by atoms with Crippen LogP contribution < -0.4 is 4.90 Å². The van der Waals surface area contributed by atoms with Crippen LogP contribution in [0.2, 0.25) is 0 Å². The molecule has 0 atom stereocenters. The van der Waals surface area contributed by atoms with Gasteiger partial charge in [-0.3, -0.25) is 10.1 Å². The van der Waals surface area contributed by atoms with Crippen molar-refractivity contribution in [2.45, 2.75) is 26.3 Å². The van der Waals surface area contributed by atoms with Crippen LogP contribution in [0.1, 0.15) is 24.0 Å². The SMILES string of the molecule is Cc1cc(N(Cc2ccccc2)CC2CCOCC2)ncc1[N+](=O)[O-]. The average Bonchev–Trinajstić information content (AvgIpc) is 2.62. The lowest BCUT2D eigenvalue weighted by atomic mass is 9.99. The fraction of sp³-hybridized carbons (Fsp3) is 0.421. The Balaban J connectivity index is 1.84. The summed E-state index contributed by atoms with van der Waals surface area (Å²) in [6, 6.07) is 12.1. The van der Waals surface area contributed by atoms with Crippen molar-refractivity contribution in [2.75, 3.05) is 24.7 Å². The maximum atomic E-state index is 11.0. The van der Waals surface area contributed by atoms with Gasteiger partial charge >= 0.3 is 0 Å². The predicted octanol–water partition coefficient (Wildman–Crippen LogP) is 3.73. The van der Waals surface area contributed by atoms with Gasteiger partial charge in [0.05, 0.1) is 4.92 Å². The van der Waals surface area contributed by atoms with Gasteiger partial charge in [-0.15, -0.1) is 0 Å². The van der Waals surface area contributed by atoms with E-state index < -0.39 is 0 Å². The topological polar surface area (TPSA) is 68.5 Å². The van der Waals surface area contributed by atoms with Crippen LogP contribution in [0.25, 0.3) is 0 Å². The Hall–Kier alpha value is -2.47. The van der Waals surface area contributed by atoms with Gasteiger partial charge in [0.15, 0.2) is 0 Å². The first-order chi connectivity index (χ1) is 12.1. The molecular formula is C19H23N3O3. The van der Waals surface area contributed by atoms with E-state index in [1.54, 1.807) is 6.92 Å². The van der Waals surface area contributed by atoms with Crippen LogP contribution in [0, 0.1) is 23.0 Å². The molecule has 1 aliphatic rings. The van der Waals surface area contributed by atoms with Crippen LogP contribution in [0.15, 0.2) is 42.6 Å². The van der Waals surface area contributed by atoms with Gasteiger partial charge in [0, 0.05) is 31.9 Å². The lowest BCUT2D eigenvalue weighted by Gasteiger charge is -2.31. The van der Waals surface area contributed by atoms with Gasteiger partial charge in [-0.05, 0) is 37.3 Å². The monoisotopic (exact) mass is 341 g/mol. The maximum absolute atomic E-state index is 11.0. The second kappa shape index (κ2) is 8.07. The van der Waals surface area contributed by atoms with Crippen molar-refractivity contribution >= 4 is 11.5 Å². The molecule has 132 valence electrons. The number of hydrogen-bond acceptors (Lipinski definition) is 5. The van der Waals surface area contributed by atoms with Crippen LogP contribution in [-0.4, -0.2) is 29.7 Å². The summed E-state index contributed by atoms with van der Waals surface area (Å²) in [6.45, 7) is 4.98. The molecule has 0 radical (unpaired) electrons. The molecule has 0 amide bonds. The zero-order valence-corrected chi connectivity index (χ0v) is 14.4. The summed E-state index contributed by atoms with van der Waals surface area (Å²) in [7, 11) is 0. The van der Waals surface area contributed by atoms with E-state index in [2.05, 4.69) is 22.0 Å². The third-order valence-corrected chi connectivity index (χ3v) is 4.63. The Kier molecular flexibility index (Phi) is 5.60. The number of nitrogens with zero attached hydrogens (tertiary/aromatic N) is 3. The number of hydrogen-bond donors (Lipinski definition) is 0. The molecule has 1 fully saturated rings. The van der Waals surface area contributed by atoms with E-state index in [1.165, 1.54) is 11.8 Å². The quantitative estimate of drug-likeness (QED) is 0.591. The van der Waals surface area contributed by atoms with Crippen molar-refractivity contribution in [2.24, 2.45) is 5.92 Å². The molecule has 3 rings (SSSR count). The molecule has 2 heterocycles. The van der Waals surface area contributed by atoms with Crippen molar-refractivity contribution in [3.8, 4) is 0 Å². The standard InChI is InChI=1S/C19H23N3O3/c1-15-11-19(20-12-18(15)22(23)24)21(13-16-5-3-2-4-6-16)14-17-7-9-25-10-8-17/h2-6,11-12,17H,7-10,13-14H2,1H3. The van der Waals surface area contributed by atoms with E-state index in [9.17, 15) is 10.1 Å². The second-order valence-electron chi connectivity index (χ2n) is 6.51. The summed E-state index contributed by atoms with van der Waals surface area (Å²) in [4.78, 5) is 17.3. The van der Waals surface area contributed by atoms with Crippen molar-refractivity contribution in [3.63, 3.8) is 0 Å². The number of rotatable bonds is 6. The Morgan fingerprint density at radius 2 is 2.00 bits per heavy atom. The Bertz CT molecular complexity index is 715. The fourth-order valence-electron chi connectivity index (χ4n) is 3.18. The molecule has 0 N–H and O–H groups in total. The minimum Gasteiger partial charge on any atom is -0.381 e. The number of nitro groups is 1. The number of anilines is 1. The number of ether oxygens (including phenoxy) is 1. The lowest BCUT2D eigenvalue weighted by molar-refractivity contribution is -0.385. The number of aromatic nitrogens is 1. The van der Waals surface area contributed by atoms with E-state index in [-0.39, 0.29) is 10.6 Å². The highest BCUT2D eigenvalue weighted by Crippen LogP contribution is 2.25. The molecule has 0 bridgehead atoms. The molecule has 2 aromatic rings. The first-order valence-corrected chi connectivity index (χ1v) is 8.61. The summed E-state index contributed by atoms with van der Waals surface area (Å²) in [5, 5.41) is 11.0. The van der Waals surface area contributed by atoms with Crippen LogP contribution in [0.3, 0.4) is 0 Å². The van der Waals surface area contributed by atoms with E-state index in [4.69, 9.17) is 4.74 Å². The van der Waals surface area contributed by atoms with Crippen molar-refractivity contribution < 1.29 is 9.66 Å². The molecule has 0 aliphatic carbocycles. The van der Waals surface area contributed by atoms with Gasteiger partial charge in [-0.2, -0.15) is 0 Å². The summed E-state index contributed by atoms with van der Waals surface area (Å²) in [5.74, 6) is 1.34. The Labute approximate surface area is 147 Å². The normalized spacial score (nSPS) is 15.1. The number of aryl methyl sites for hydroxylation is 1. The van der Waals surface area contributed by atoms with Crippen LogP contribution in [-0.2, 0) is 11.3 Å². The molecule has 1 saturated heterocycles. The molecular weight excluding hydrogens is 318 g/mol. The third-order valence-electron chi connectivity index (χ3n) is 4.63. The van der Waals surface area contributed by atoms with Crippen molar-refractivity contribution in [1.82, 2.24) is 4.98 Å². The number of benzene rings is 1. The van der Waals surface area contributed by atoms with Gasteiger partial charge < -0.3 is 9.64 Å². The lowest BCUT2D eigenvalue weighted by Crippen LogP contribution is -2.32. The smallest absolute Gasteiger partial charge is 0.290 e. The zero-order chi connectivity index (χ0) is 17.6. The zero-order valence-electron chi connectivity index (χ0n) is 14.4. The van der Waals surface area contributed by atoms with E-state index >= 15 is 0 Å². The number of pyridine rings is 1. The Morgan fingerprint density at radius 3 is 2.64 bits per heavy atom.